The Morgan fingerprint density at radius 2 is 1.90 bits per heavy atom. The van der Waals surface area contributed by atoms with Gasteiger partial charge in [-0.2, -0.15) is 0 Å². The van der Waals surface area contributed by atoms with E-state index in [4.69, 9.17) is 5.21 Å². The molecule has 0 saturated heterocycles. The van der Waals surface area contributed by atoms with Crippen LogP contribution in [0.1, 0.15) is 29.0 Å². The number of rotatable bonds is 10. The van der Waals surface area contributed by atoms with Crippen LogP contribution in [-0.4, -0.2) is 45.8 Å². The number of amides is 1. The predicted octanol–water partition coefficient (Wildman–Crippen LogP) is 2.82. The fraction of sp³-hybridized carbons (Fsp3) is 0.320. The molecule has 4 rings (SSSR count). The van der Waals surface area contributed by atoms with Crippen LogP contribution in [0, 0.1) is 17.8 Å². The van der Waals surface area contributed by atoms with Crippen molar-refractivity contribution in [3.05, 3.63) is 71.4 Å². The molecule has 0 saturated carbocycles. The van der Waals surface area contributed by atoms with Crippen LogP contribution in [0.5, 0.6) is 0 Å². The number of H-pyrrole nitrogens is 1. The van der Waals surface area contributed by atoms with Crippen molar-refractivity contribution in [2.24, 2.45) is 5.92 Å². The fourth-order valence-electron chi connectivity index (χ4n) is 4.08. The van der Waals surface area contributed by atoms with Crippen LogP contribution in [0.3, 0.4) is 0 Å². The first kappa shape index (κ1) is 21.1. The molecule has 0 spiro atoms. The third-order valence-corrected chi connectivity index (χ3v) is 5.87. The molecule has 1 amide bonds. The SMILES string of the molecule is O=C(NO)C1C#CC1c1ccc(CN(CCCO)CCc2c[nH]c3ccccc23)cc1. The molecule has 0 bridgehead atoms. The average molecular weight is 418 g/mol. The van der Waals surface area contributed by atoms with E-state index in [-0.39, 0.29) is 12.5 Å². The number of hydroxylamine groups is 1. The molecule has 1 aromatic heterocycles. The van der Waals surface area contributed by atoms with Crippen molar-refractivity contribution in [3.8, 4) is 11.8 Å². The van der Waals surface area contributed by atoms with Gasteiger partial charge in [0.15, 0.2) is 0 Å². The van der Waals surface area contributed by atoms with Crippen molar-refractivity contribution in [2.45, 2.75) is 25.3 Å². The van der Waals surface area contributed by atoms with Gasteiger partial charge < -0.3 is 10.1 Å². The number of aromatic nitrogens is 1. The quantitative estimate of drug-likeness (QED) is 0.232. The summed E-state index contributed by atoms with van der Waals surface area (Å²) >= 11 is 0. The Morgan fingerprint density at radius 1 is 1.10 bits per heavy atom. The second-order valence-electron chi connectivity index (χ2n) is 7.92. The number of nitrogens with zero attached hydrogens (tertiary/aromatic N) is 1. The smallest absolute Gasteiger partial charge is 0.260 e. The van der Waals surface area contributed by atoms with E-state index in [1.807, 2.05) is 18.2 Å². The maximum atomic E-state index is 11.6. The van der Waals surface area contributed by atoms with Crippen LogP contribution in [0.4, 0.5) is 0 Å². The number of aliphatic hydroxyl groups excluding tert-OH is 1. The van der Waals surface area contributed by atoms with Crippen LogP contribution in [-0.2, 0) is 17.8 Å². The van der Waals surface area contributed by atoms with Crippen molar-refractivity contribution in [1.82, 2.24) is 15.4 Å². The Morgan fingerprint density at radius 3 is 2.61 bits per heavy atom. The summed E-state index contributed by atoms with van der Waals surface area (Å²) < 4.78 is 0. The Balaban J connectivity index is 1.39. The number of para-hydroxylation sites is 1. The maximum Gasteiger partial charge on any atom is 0.260 e. The van der Waals surface area contributed by atoms with Gasteiger partial charge in [0.1, 0.15) is 5.92 Å². The molecule has 6 nitrogen and oxygen atoms in total. The molecule has 2 aromatic carbocycles. The largest absolute Gasteiger partial charge is 0.396 e. The van der Waals surface area contributed by atoms with E-state index in [0.717, 1.165) is 43.6 Å². The highest BCUT2D eigenvalue weighted by molar-refractivity contribution is 5.84. The van der Waals surface area contributed by atoms with E-state index in [1.54, 1.807) is 5.48 Å². The van der Waals surface area contributed by atoms with Gasteiger partial charge in [-0.25, -0.2) is 5.48 Å². The number of hydrogen-bond acceptors (Lipinski definition) is 4. The summed E-state index contributed by atoms with van der Waals surface area (Å²) in [6, 6.07) is 16.5. The average Bonchev–Trinajstić information content (AvgIpc) is 3.19. The molecule has 4 N–H and O–H groups in total. The third kappa shape index (κ3) is 4.80. The van der Waals surface area contributed by atoms with Crippen LogP contribution in [0.2, 0.25) is 0 Å². The molecule has 1 aliphatic carbocycles. The van der Waals surface area contributed by atoms with E-state index in [0.29, 0.717) is 0 Å². The molecule has 1 heterocycles. The molecule has 0 aliphatic heterocycles. The lowest BCUT2D eigenvalue weighted by atomic mass is 9.79. The van der Waals surface area contributed by atoms with Gasteiger partial charge in [0.2, 0.25) is 0 Å². The zero-order chi connectivity index (χ0) is 21.6. The molecule has 2 atom stereocenters. The van der Waals surface area contributed by atoms with Crippen LogP contribution < -0.4 is 5.48 Å². The number of aromatic amines is 1. The first-order valence-electron chi connectivity index (χ1n) is 10.6. The molecule has 0 radical (unpaired) electrons. The van der Waals surface area contributed by atoms with Gasteiger partial charge in [0.25, 0.3) is 5.91 Å². The molecule has 6 heteroatoms. The van der Waals surface area contributed by atoms with E-state index in [2.05, 4.69) is 58.3 Å². The highest BCUT2D eigenvalue weighted by Gasteiger charge is 2.32. The molecular weight excluding hydrogens is 390 g/mol. The number of aliphatic hydroxyl groups is 1. The summed E-state index contributed by atoms with van der Waals surface area (Å²) in [5.74, 6) is 4.68. The van der Waals surface area contributed by atoms with Crippen molar-refractivity contribution in [1.29, 1.82) is 0 Å². The minimum Gasteiger partial charge on any atom is -0.396 e. The van der Waals surface area contributed by atoms with E-state index >= 15 is 0 Å². The van der Waals surface area contributed by atoms with E-state index in [9.17, 15) is 9.90 Å². The topological polar surface area (TPSA) is 88.6 Å². The van der Waals surface area contributed by atoms with Crippen LogP contribution in [0.15, 0.2) is 54.7 Å². The van der Waals surface area contributed by atoms with Crippen molar-refractivity contribution in [2.75, 3.05) is 19.7 Å². The second-order valence-corrected chi connectivity index (χ2v) is 7.92. The summed E-state index contributed by atoms with van der Waals surface area (Å²) in [4.78, 5) is 17.3. The number of fused-ring (bicyclic) bond motifs is 1. The molecular formula is C25H27N3O3. The van der Waals surface area contributed by atoms with Gasteiger partial charge in [-0.3, -0.25) is 14.9 Å². The van der Waals surface area contributed by atoms with Gasteiger partial charge >= 0.3 is 0 Å². The number of nitrogens with one attached hydrogen (secondary N) is 2. The number of hydrogen-bond donors (Lipinski definition) is 4. The number of benzene rings is 2. The van der Waals surface area contributed by atoms with E-state index in [1.165, 1.54) is 16.5 Å². The molecule has 3 aromatic rings. The van der Waals surface area contributed by atoms with Gasteiger partial charge in [-0.05, 0) is 35.6 Å². The monoisotopic (exact) mass is 417 g/mol. The Bertz CT molecular complexity index is 1090. The minimum absolute atomic E-state index is 0.173. The molecule has 1 aliphatic rings. The van der Waals surface area contributed by atoms with Gasteiger partial charge in [-0.1, -0.05) is 54.3 Å². The minimum atomic E-state index is -0.493. The maximum absolute atomic E-state index is 11.6. The molecule has 0 fully saturated rings. The third-order valence-electron chi connectivity index (χ3n) is 5.87. The Kier molecular flexibility index (Phi) is 6.68. The summed E-state index contributed by atoms with van der Waals surface area (Å²) in [6.07, 6.45) is 3.76. The summed E-state index contributed by atoms with van der Waals surface area (Å²) in [6.45, 7) is 2.70. The van der Waals surface area contributed by atoms with Gasteiger partial charge in [-0.15, -0.1) is 0 Å². The molecule has 160 valence electrons. The van der Waals surface area contributed by atoms with Crippen LogP contribution in [0.25, 0.3) is 10.9 Å². The summed E-state index contributed by atoms with van der Waals surface area (Å²) in [7, 11) is 0. The zero-order valence-corrected chi connectivity index (χ0v) is 17.3. The lowest BCUT2D eigenvalue weighted by molar-refractivity contribution is -0.132. The predicted molar refractivity (Wildman–Crippen MR) is 119 cm³/mol. The highest BCUT2D eigenvalue weighted by atomic mass is 16.5. The second kappa shape index (κ2) is 9.80. The molecule has 2 unspecified atom stereocenters. The Hall–Kier alpha value is -3.11. The highest BCUT2D eigenvalue weighted by Crippen LogP contribution is 2.30. The van der Waals surface area contributed by atoms with Gasteiger partial charge in [0, 0.05) is 43.3 Å². The first-order valence-corrected chi connectivity index (χ1v) is 10.6. The number of carbonyl (C=O) groups excluding carboxylic acids is 1. The van der Waals surface area contributed by atoms with Crippen LogP contribution >= 0.6 is 0 Å². The lowest BCUT2D eigenvalue weighted by Crippen LogP contribution is -2.34. The standard InChI is InChI=1S/C25H27N3O3/c29-15-3-13-28(14-12-20-16-26-24-5-2-1-4-22(20)24)17-18-6-8-19(9-7-18)21-10-11-23(21)25(30)27-31/h1-2,4-9,16,21,23,26,29,31H,3,12-15,17H2,(H,27,30). The normalized spacial score (nSPS) is 17.3. The van der Waals surface area contributed by atoms with Crippen molar-refractivity contribution in [3.63, 3.8) is 0 Å². The Labute approximate surface area is 181 Å². The summed E-state index contributed by atoms with van der Waals surface area (Å²) in [5.41, 5.74) is 6.31. The number of carbonyl (C=O) groups is 1. The summed E-state index contributed by atoms with van der Waals surface area (Å²) in [5, 5.41) is 19.4. The van der Waals surface area contributed by atoms with Crippen molar-refractivity contribution >= 4 is 16.8 Å². The lowest BCUT2D eigenvalue weighted by Gasteiger charge is -2.24. The fourth-order valence-corrected chi connectivity index (χ4v) is 4.08. The van der Waals surface area contributed by atoms with Crippen molar-refractivity contribution < 1.29 is 15.1 Å². The van der Waals surface area contributed by atoms with E-state index < -0.39 is 11.8 Å². The molecule has 31 heavy (non-hydrogen) atoms. The zero-order valence-electron chi connectivity index (χ0n) is 17.3. The first-order chi connectivity index (χ1) is 15.2. The van der Waals surface area contributed by atoms with Gasteiger partial charge in [0.05, 0.1) is 5.92 Å².